The van der Waals surface area contributed by atoms with Crippen LogP contribution in [0.2, 0.25) is 0 Å². The predicted molar refractivity (Wildman–Crippen MR) is 70.6 cm³/mol. The zero-order chi connectivity index (χ0) is 12.3. The molecule has 0 atom stereocenters. The second-order valence-corrected chi connectivity index (χ2v) is 4.52. The zero-order valence-electron chi connectivity index (χ0n) is 10.9. The second-order valence-electron chi connectivity index (χ2n) is 4.52. The summed E-state index contributed by atoms with van der Waals surface area (Å²) >= 11 is 0. The topological polar surface area (TPSA) is 44.3 Å². The number of hydrogen-bond acceptors (Lipinski definition) is 5. The van der Waals surface area contributed by atoms with E-state index in [1.54, 1.807) is 0 Å². The van der Waals surface area contributed by atoms with Gasteiger partial charge in [0.25, 0.3) is 0 Å². The smallest absolute Gasteiger partial charge is 0.227 e. The summed E-state index contributed by atoms with van der Waals surface area (Å²) < 4.78 is 0. The molecule has 5 nitrogen and oxygen atoms in total. The quantitative estimate of drug-likeness (QED) is 0.845. The van der Waals surface area contributed by atoms with Gasteiger partial charge in [0.15, 0.2) is 0 Å². The Balaban J connectivity index is 2.14. The van der Waals surface area contributed by atoms with Crippen molar-refractivity contribution in [1.29, 1.82) is 0 Å². The molecule has 1 aromatic heterocycles. The summed E-state index contributed by atoms with van der Waals surface area (Å²) in [5.74, 6) is 1.78. The molecule has 2 heterocycles. The average Bonchev–Trinajstić information content (AvgIpc) is 2.29. The van der Waals surface area contributed by atoms with Crippen LogP contribution in [-0.2, 0) is 0 Å². The first kappa shape index (κ1) is 12.1. The van der Waals surface area contributed by atoms with Crippen molar-refractivity contribution in [2.75, 3.05) is 50.0 Å². The van der Waals surface area contributed by atoms with Crippen LogP contribution in [-0.4, -0.2) is 54.6 Å². The van der Waals surface area contributed by atoms with E-state index in [1.165, 1.54) is 0 Å². The van der Waals surface area contributed by atoms with Crippen molar-refractivity contribution in [1.82, 2.24) is 14.9 Å². The molecule has 1 aliphatic heterocycles. The number of aryl methyl sites for hydroxylation is 1. The lowest BCUT2D eigenvalue weighted by molar-refractivity contribution is 0.311. The largest absolute Gasteiger partial charge is 0.370 e. The molecule has 0 radical (unpaired) electrons. The summed E-state index contributed by atoms with van der Waals surface area (Å²) in [5.41, 5.74) is 1.02. The molecular formula is C12H21N5. The minimum Gasteiger partial charge on any atom is -0.370 e. The minimum atomic E-state index is 0.856. The molecule has 2 rings (SSSR count). The summed E-state index contributed by atoms with van der Waals surface area (Å²) in [6, 6.07) is 1.99. The van der Waals surface area contributed by atoms with Gasteiger partial charge in [-0.3, -0.25) is 0 Å². The predicted octanol–water partition coefficient (Wildman–Crippen LogP) is 0.969. The number of nitrogens with zero attached hydrogens (tertiary/aromatic N) is 4. The van der Waals surface area contributed by atoms with Crippen molar-refractivity contribution < 1.29 is 0 Å². The molecule has 0 aliphatic carbocycles. The molecule has 1 saturated heterocycles. The Morgan fingerprint density at radius 1 is 1.24 bits per heavy atom. The molecule has 5 heteroatoms. The highest BCUT2D eigenvalue weighted by molar-refractivity contribution is 5.43. The molecule has 94 valence electrons. The van der Waals surface area contributed by atoms with E-state index in [9.17, 15) is 0 Å². The van der Waals surface area contributed by atoms with Crippen molar-refractivity contribution in [2.24, 2.45) is 0 Å². The Bertz CT molecular complexity index is 371. The molecule has 0 aromatic carbocycles. The third-order valence-electron chi connectivity index (χ3n) is 2.99. The molecule has 1 aromatic rings. The van der Waals surface area contributed by atoms with Crippen LogP contribution in [0, 0.1) is 6.92 Å². The van der Waals surface area contributed by atoms with E-state index in [0.29, 0.717) is 0 Å². The Morgan fingerprint density at radius 2 is 1.94 bits per heavy atom. The van der Waals surface area contributed by atoms with Crippen LogP contribution in [0.15, 0.2) is 6.07 Å². The first-order chi connectivity index (χ1) is 8.19. The monoisotopic (exact) mass is 235 g/mol. The van der Waals surface area contributed by atoms with Gasteiger partial charge in [0.05, 0.1) is 0 Å². The number of anilines is 2. The Kier molecular flexibility index (Phi) is 3.78. The van der Waals surface area contributed by atoms with Gasteiger partial charge >= 0.3 is 0 Å². The normalized spacial score (nSPS) is 17.2. The molecule has 0 amide bonds. The van der Waals surface area contributed by atoms with Gasteiger partial charge < -0.3 is 15.1 Å². The lowest BCUT2D eigenvalue weighted by Crippen LogP contribution is -2.45. The summed E-state index contributed by atoms with van der Waals surface area (Å²) in [6.45, 7) is 9.15. The van der Waals surface area contributed by atoms with Crippen LogP contribution in [0.4, 0.5) is 11.8 Å². The van der Waals surface area contributed by atoms with E-state index in [0.717, 1.165) is 50.2 Å². The maximum absolute atomic E-state index is 4.56. The molecule has 0 unspecified atom stereocenters. The van der Waals surface area contributed by atoms with Crippen LogP contribution >= 0.6 is 0 Å². The number of nitrogens with one attached hydrogen (secondary N) is 1. The summed E-state index contributed by atoms with van der Waals surface area (Å²) in [6.07, 6.45) is 0. The van der Waals surface area contributed by atoms with Gasteiger partial charge in [-0.1, -0.05) is 0 Å². The van der Waals surface area contributed by atoms with Crippen molar-refractivity contribution in [3.05, 3.63) is 11.8 Å². The van der Waals surface area contributed by atoms with Crippen LogP contribution in [0.3, 0.4) is 0 Å². The van der Waals surface area contributed by atoms with Gasteiger partial charge in [0.1, 0.15) is 5.82 Å². The number of hydrogen-bond donors (Lipinski definition) is 1. The van der Waals surface area contributed by atoms with E-state index in [2.05, 4.69) is 39.1 Å². The fourth-order valence-electron chi connectivity index (χ4n) is 1.97. The highest BCUT2D eigenvalue weighted by atomic mass is 15.3. The standard InChI is InChI=1S/C12H21N5/c1-4-13-11-9-10(2)14-12(15-11)17-7-5-16(3)6-8-17/h9H,4-8H2,1-3H3,(H,13,14,15). The summed E-state index contributed by atoms with van der Waals surface area (Å²) in [5, 5.41) is 3.25. The van der Waals surface area contributed by atoms with Crippen LogP contribution in [0.1, 0.15) is 12.6 Å². The first-order valence-corrected chi connectivity index (χ1v) is 6.22. The Labute approximate surface area is 103 Å². The first-order valence-electron chi connectivity index (χ1n) is 6.22. The molecule has 0 saturated carbocycles. The minimum absolute atomic E-state index is 0.856. The number of rotatable bonds is 3. The number of piperazine rings is 1. The lowest BCUT2D eigenvalue weighted by atomic mass is 10.3. The summed E-state index contributed by atoms with van der Waals surface area (Å²) in [4.78, 5) is 13.7. The van der Waals surface area contributed by atoms with Crippen LogP contribution < -0.4 is 10.2 Å². The van der Waals surface area contributed by atoms with Gasteiger partial charge in [-0.2, -0.15) is 4.98 Å². The zero-order valence-corrected chi connectivity index (χ0v) is 10.9. The van der Waals surface area contributed by atoms with Crippen molar-refractivity contribution in [3.8, 4) is 0 Å². The van der Waals surface area contributed by atoms with Gasteiger partial charge in [-0.15, -0.1) is 0 Å². The molecule has 1 fully saturated rings. The number of aromatic nitrogens is 2. The van der Waals surface area contributed by atoms with E-state index >= 15 is 0 Å². The highest BCUT2D eigenvalue weighted by Gasteiger charge is 2.17. The SMILES string of the molecule is CCNc1cc(C)nc(N2CCN(C)CC2)n1. The van der Waals surface area contributed by atoms with Crippen LogP contribution in [0.25, 0.3) is 0 Å². The van der Waals surface area contributed by atoms with Crippen molar-refractivity contribution in [3.63, 3.8) is 0 Å². The third-order valence-corrected chi connectivity index (χ3v) is 2.99. The molecule has 17 heavy (non-hydrogen) atoms. The van der Waals surface area contributed by atoms with E-state index in [-0.39, 0.29) is 0 Å². The summed E-state index contributed by atoms with van der Waals surface area (Å²) in [7, 11) is 2.15. The Hall–Kier alpha value is -1.36. The van der Waals surface area contributed by atoms with Crippen molar-refractivity contribution in [2.45, 2.75) is 13.8 Å². The van der Waals surface area contributed by atoms with Gasteiger partial charge in [0, 0.05) is 44.5 Å². The molecule has 0 spiro atoms. The fraction of sp³-hybridized carbons (Fsp3) is 0.667. The third kappa shape index (κ3) is 3.06. The van der Waals surface area contributed by atoms with Gasteiger partial charge in [-0.25, -0.2) is 4.98 Å². The van der Waals surface area contributed by atoms with Crippen LogP contribution in [0.5, 0.6) is 0 Å². The lowest BCUT2D eigenvalue weighted by Gasteiger charge is -2.32. The van der Waals surface area contributed by atoms with E-state index in [4.69, 9.17) is 0 Å². The second kappa shape index (κ2) is 5.31. The maximum atomic E-state index is 4.56. The fourth-order valence-corrected chi connectivity index (χ4v) is 1.97. The van der Waals surface area contributed by atoms with E-state index < -0.39 is 0 Å². The molecule has 1 aliphatic rings. The van der Waals surface area contributed by atoms with Gasteiger partial charge in [-0.05, 0) is 20.9 Å². The van der Waals surface area contributed by atoms with Crippen molar-refractivity contribution >= 4 is 11.8 Å². The molecule has 0 bridgehead atoms. The highest BCUT2D eigenvalue weighted by Crippen LogP contribution is 2.15. The molecular weight excluding hydrogens is 214 g/mol. The number of likely N-dealkylation sites (N-methyl/N-ethyl adjacent to an activating group) is 1. The maximum Gasteiger partial charge on any atom is 0.227 e. The molecule has 1 N–H and O–H groups in total. The van der Waals surface area contributed by atoms with Gasteiger partial charge in [0.2, 0.25) is 5.95 Å². The average molecular weight is 235 g/mol. The van der Waals surface area contributed by atoms with E-state index in [1.807, 2.05) is 13.0 Å². The Morgan fingerprint density at radius 3 is 2.59 bits per heavy atom.